The molecule has 1 radical (unpaired) electrons. The van der Waals surface area contributed by atoms with Crippen LogP contribution in [0.5, 0.6) is 0 Å². The summed E-state index contributed by atoms with van der Waals surface area (Å²) in [7, 11) is 0. The van der Waals surface area contributed by atoms with E-state index in [9.17, 15) is 17.6 Å². The fourth-order valence-corrected chi connectivity index (χ4v) is 0.959. The van der Waals surface area contributed by atoms with E-state index in [0.29, 0.717) is 0 Å². The van der Waals surface area contributed by atoms with E-state index in [1.54, 1.807) is 0 Å². The van der Waals surface area contributed by atoms with Crippen molar-refractivity contribution in [2.75, 3.05) is 0 Å². The Morgan fingerprint density at radius 3 is 2.15 bits per heavy atom. The molecule has 0 aromatic carbocycles. The first-order chi connectivity index (χ1) is 5.84. The Morgan fingerprint density at radius 1 is 1.15 bits per heavy atom. The molecule has 3 nitrogen and oxygen atoms in total. The van der Waals surface area contributed by atoms with E-state index < -0.39 is 30.7 Å². The van der Waals surface area contributed by atoms with Gasteiger partial charge in [-0.3, -0.25) is 0 Å². The van der Waals surface area contributed by atoms with E-state index in [-0.39, 0.29) is 6.61 Å². The lowest BCUT2D eigenvalue weighted by atomic mass is 10.0. The molecule has 0 spiro atoms. The third-order valence-corrected chi connectivity index (χ3v) is 1.66. The number of halogens is 4. The number of hydrogen-bond donors (Lipinski definition) is 2. The summed E-state index contributed by atoms with van der Waals surface area (Å²) in [6.07, 6.45) is -13.9. The van der Waals surface area contributed by atoms with Gasteiger partial charge >= 0.3 is 6.18 Å². The summed E-state index contributed by atoms with van der Waals surface area (Å²) >= 11 is 0. The number of hydrogen-bond acceptors (Lipinski definition) is 3. The van der Waals surface area contributed by atoms with Gasteiger partial charge in [-0.05, 0) is 0 Å². The molecule has 0 aromatic heterocycles. The molecule has 4 atom stereocenters. The lowest BCUT2D eigenvalue weighted by Crippen LogP contribution is -2.55. The van der Waals surface area contributed by atoms with Gasteiger partial charge < -0.3 is 14.9 Å². The van der Waals surface area contributed by atoms with E-state index in [1.165, 1.54) is 0 Å². The molecule has 0 aliphatic carbocycles. The normalized spacial score (nSPS) is 42.0. The first kappa shape index (κ1) is 10.7. The second kappa shape index (κ2) is 3.39. The van der Waals surface area contributed by atoms with Crippen molar-refractivity contribution in [3.8, 4) is 0 Å². The second-order valence-electron chi connectivity index (χ2n) is 2.66. The highest BCUT2D eigenvalue weighted by Gasteiger charge is 2.52. The van der Waals surface area contributed by atoms with Gasteiger partial charge in [-0.15, -0.1) is 0 Å². The van der Waals surface area contributed by atoms with Crippen molar-refractivity contribution in [3.05, 3.63) is 6.61 Å². The first-order valence-electron chi connectivity index (χ1n) is 3.39. The minimum absolute atomic E-state index is 0.232. The lowest BCUT2D eigenvalue weighted by Gasteiger charge is -2.34. The highest BCUT2D eigenvalue weighted by molar-refractivity contribution is 4.94. The molecule has 0 unspecified atom stereocenters. The first-order valence-corrected chi connectivity index (χ1v) is 3.39. The van der Waals surface area contributed by atoms with Crippen LogP contribution in [0, 0.1) is 6.61 Å². The van der Waals surface area contributed by atoms with Gasteiger partial charge in [-0.2, -0.15) is 13.2 Å². The number of aliphatic hydroxyl groups is 2. The highest BCUT2D eigenvalue weighted by Crippen LogP contribution is 2.32. The smallest absolute Gasteiger partial charge is 0.387 e. The topological polar surface area (TPSA) is 49.7 Å². The predicted molar refractivity (Wildman–Crippen MR) is 32.1 cm³/mol. The van der Waals surface area contributed by atoms with Crippen LogP contribution in [-0.2, 0) is 4.74 Å². The molecule has 1 rings (SSSR count). The van der Waals surface area contributed by atoms with Crippen LogP contribution in [0.15, 0.2) is 0 Å². The van der Waals surface area contributed by atoms with Crippen molar-refractivity contribution in [1.29, 1.82) is 0 Å². The molecule has 0 aromatic rings. The molecular formula is C6H7F4O3. The Balaban J connectivity index is 2.70. The molecule has 2 N–H and O–H groups in total. The third kappa shape index (κ3) is 2.09. The molecule has 1 aliphatic heterocycles. The van der Waals surface area contributed by atoms with Gasteiger partial charge in [0, 0.05) is 0 Å². The third-order valence-electron chi connectivity index (χ3n) is 1.66. The van der Waals surface area contributed by atoms with Crippen LogP contribution in [0.25, 0.3) is 0 Å². The Bertz CT molecular complexity index is 183. The average Bonchev–Trinajstić information content (AvgIpc) is 1.98. The van der Waals surface area contributed by atoms with Crippen molar-refractivity contribution in [3.63, 3.8) is 0 Å². The molecule has 77 valence electrons. The zero-order valence-corrected chi connectivity index (χ0v) is 6.20. The Hall–Kier alpha value is -0.400. The van der Waals surface area contributed by atoms with Crippen LogP contribution in [0.1, 0.15) is 0 Å². The molecule has 1 fully saturated rings. The van der Waals surface area contributed by atoms with Crippen molar-refractivity contribution >= 4 is 0 Å². The fourth-order valence-electron chi connectivity index (χ4n) is 0.959. The maximum absolute atomic E-state index is 12.4. The number of rotatable bonds is 0. The Kier molecular flexibility index (Phi) is 2.79. The van der Waals surface area contributed by atoms with Crippen LogP contribution in [-0.4, -0.2) is 40.9 Å². The van der Waals surface area contributed by atoms with Gasteiger partial charge in [0.05, 0.1) is 0 Å². The van der Waals surface area contributed by atoms with Crippen molar-refractivity contribution < 1.29 is 32.5 Å². The molecular weight excluding hydrogens is 196 g/mol. The highest BCUT2D eigenvalue weighted by atomic mass is 19.4. The summed E-state index contributed by atoms with van der Waals surface area (Å²) in [5.74, 6) is 0. The molecule has 1 aliphatic rings. The molecule has 1 heterocycles. The predicted octanol–water partition coefficient (Wildman–Crippen LogP) is 0.169. The Morgan fingerprint density at radius 2 is 1.69 bits per heavy atom. The second-order valence-corrected chi connectivity index (χ2v) is 2.66. The minimum atomic E-state index is -4.82. The molecule has 0 amide bonds. The van der Waals surface area contributed by atoms with E-state index >= 15 is 0 Å². The summed E-state index contributed by atoms with van der Waals surface area (Å²) in [4.78, 5) is 0. The maximum Gasteiger partial charge on any atom is 0.417 e. The van der Waals surface area contributed by atoms with E-state index in [4.69, 9.17) is 10.2 Å². The molecule has 0 saturated carbocycles. The van der Waals surface area contributed by atoms with Crippen LogP contribution in [0.2, 0.25) is 0 Å². The summed E-state index contributed by atoms with van der Waals surface area (Å²) < 4.78 is 52.2. The van der Waals surface area contributed by atoms with Crippen LogP contribution in [0.3, 0.4) is 0 Å². The summed E-state index contributed by atoms with van der Waals surface area (Å²) in [6.45, 7) is 0.232. The number of alkyl halides is 4. The summed E-state index contributed by atoms with van der Waals surface area (Å²) in [6, 6.07) is 0. The van der Waals surface area contributed by atoms with Gasteiger partial charge in [0.15, 0.2) is 12.3 Å². The summed E-state index contributed by atoms with van der Waals surface area (Å²) in [5.41, 5.74) is 0. The van der Waals surface area contributed by atoms with Crippen molar-refractivity contribution in [1.82, 2.24) is 0 Å². The summed E-state index contributed by atoms with van der Waals surface area (Å²) in [5, 5.41) is 17.5. The Labute approximate surface area is 70.9 Å². The van der Waals surface area contributed by atoms with Gasteiger partial charge in [0.1, 0.15) is 18.8 Å². The molecule has 0 bridgehead atoms. The minimum Gasteiger partial charge on any atom is -0.387 e. The lowest BCUT2D eigenvalue weighted by molar-refractivity contribution is -0.270. The quantitative estimate of drug-likeness (QED) is 0.552. The average molecular weight is 203 g/mol. The van der Waals surface area contributed by atoms with Gasteiger partial charge in [-0.25, -0.2) is 4.39 Å². The number of aliphatic hydroxyl groups excluding tert-OH is 2. The largest absolute Gasteiger partial charge is 0.417 e. The van der Waals surface area contributed by atoms with E-state index in [0.717, 1.165) is 0 Å². The number of ether oxygens (including phenoxy) is 1. The van der Waals surface area contributed by atoms with Gasteiger partial charge in [0.2, 0.25) is 0 Å². The zero-order valence-electron chi connectivity index (χ0n) is 6.20. The standard InChI is InChI=1S/C6H7F4O3/c7-2-1-13-5(6(8,9)10)4(12)3(2)11/h1-5,11-12H/t2-,3-,4-,5+/m0/s1. The van der Waals surface area contributed by atoms with E-state index in [2.05, 4.69) is 4.74 Å². The zero-order chi connectivity index (χ0) is 10.2. The van der Waals surface area contributed by atoms with E-state index in [1.807, 2.05) is 0 Å². The van der Waals surface area contributed by atoms with Gasteiger partial charge in [-0.1, -0.05) is 0 Å². The SMILES string of the molecule is O[C@@H]1[C@H](O)[C@H](C(F)(F)F)O[CH][C@@H]1F. The van der Waals surface area contributed by atoms with Crippen molar-refractivity contribution in [2.45, 2.75) is 30.7 Å². The van der Waals surface area contributed by atoms with Crippen molar-refractivity contribution in [2.24, 2.45) is 0 Å². The fraction of sp³-hybridized carbons (Fsp3) is 0.833. The molecule has 1 saturated heterocycles. The van der Waals surface area contributed by atoms with Crippen LogP contribution < -0.4 is 0 Å². The van der Waals surface area contributed by atoms with Crippen LogP contribution in [0.4, 0.5) is 17.6 Å². The maximum atomic E-state index is 12.4. The monoisotopic (exact) mass is 203 g/mol. The molecule has 7 heteroatoms. The van der Waals surface area contributed by atoms with Gasteiger partial charge in [0.25, 0.3) is 0 Å². The van der Waals surface area contributed by atoms with Crippen LogP contribution >= 0.6 is 0 Å². The molecule has 13 heavy (non-hydrogen) atoms.